The Morgan fingerprint density at radius 1 is 1.12 bits per heavy atom. The Balaban J connectivity index is 2.12. The molecule has 0 aromatic heterocycles. The summed E-state index contributed by atoms with van der Waals surface area (Å²) in [6.07, 6.45) is 9.54. The Hall–Kier alpha value is -1.31. The first-order valence-corrected chi connectivity index (χ1v) is 6.59. The average Bonchev–Trinajstić information content (AvgIpc) is 2.35. The predicted molar refractivity (Wildman–Crippen MR) is 73.7 cm³/mol. The first kappa shape index (κ1) is 13.8. The second-order valence-electron chi connectivity index (χ2n) is 4.35. The smallest absolute Gasteiger partial charge is 0.120 e. The van der Waals surface area contributed by atoms with Crippen molar-refractivity contribution >= 4 is 6.21 Å². The maximum absolute atomic E-state index is 9.54. The molecule has 0 aliphatic carbocycles. The minimum absolute atomic E-state index is 0.340. The first-order valence-electron chi connectivity index (χ1n) is 6.59. The summed E-state index contributed by atoms with van der Waals surface area (Å²) in [7, 11) is 0. The molecular formula is C15H23NO. The number of aliphatic imine (C=N–C) groups is 1. The molecule has 0 saturated carbocycles. The second-order valence-corrected chi connectivity index (χ2v) is 4.35. The molecule has 0 bridgehead atoms. The van der Waals surface area contributed by atoms with Gasteiger partial charge in [-0.15, -0.1) is 0 Å². The van der Waals surface area contributed by atoms with Crippen LogP contribution in [0.15, 0.2) is 29.3 Å². The van der Waals surface area contributed by atoms with Gasteiger partial charge in [-0.25, -0.2) is 0 Å². The minimum Gasteiger partial charge on any atom is -0.508 e. The van der Waals surface area contributed by atoms with E-state index < -0.39 is 0 Å². The Morgan fingerprint density at radius 2 is 1.88 bits per heavy atom. The SMILES string of the molecule is CCCCCCCC=NCc1ccccc1O. The van der Waals surface area contributed by atoms with Gasteiger partial charge in [-0.1, -0.05) is 50.8 Å². The van der Waals surface area contributed by atoms with Crippen molar-refractivity contribution in [2.45, 2.75) is 52.0 Å². The van der Waals surface area contributed by atoms with Gasteiger partial charge in [0.1, 0.15) is 5.75 Å². The Kier molecular flexibility index (Phi) is 7.12. The molecule has 0 unspecified atom stereocenters. The number of hydrogen-bond donors (Lipinski definition) is 1. The molecule has 1 aromatic carbocycles. The van der Waals surface area contributed by atoms with E-state index in [4.69, 9.17) is 0 Å². The number of benzene rings is 1. The highest BCUT2D eigenvalue weighted by molar-refractivity contribution is 5.57. The predicted octanol–water partition coefficient (Wildman–Crippen LogP) is 4.32. The van der Waals surface area contributed by atoms with Crippen LogP contribution in [0.25, 0.3) is 0 Å². The number of para-hydroxylation sites is 1. The van der Waals surface area contributed by atoms with E-state index in [1.807, 2.05) is 24.4 Å². The molecule has 0 atom stereocenters. The van der Waals surface area contributed by atoms with Gasteiger partial charge in [0.25, 0.3) is 0 Å². The highest BCUT2D eigenvalue weighted by Gasteiger charge is 1.96. The highest BCUT2D eigenvalue weighted by Crippen LogP contribution is 2.16. The summed E-state index contributed by atoms with van der Waals surface area (Å²) in [4.78, 5) is 4.34. The molecule has 0 aliphatic heterocycles. The number of nitrogens with zero attached hydrogens (tertiary/aromatic N) is 1. The van der Waals surface area contributed by atoms with Crippen LogP contribution in [0, 0.1) is 0 Å². The summed E-state index contributed by atoms with van der Waals surface area (Å²) >= 11 is 0. The molecule has 17 heavy (non-hydrogen) atoms. The number of hydrogen-bond acceptors (Lipinski definition) is 2. The monoisotopic (exact) mass is 233 g/mol. The summed E-state index contributed by atoms with van der Waals surface area (Å²) < 4.78 is 0. The van der Waals surface area contributed by atoms with Gasteiger partial charge >= 0.3 is 0 Å². The summed E-state index contributed by atoms with van der Waals surface area (Å²) in [6.45, 7) is 2.81. The van der Waals surface area contributed by atoms with Gasteiger partial charge in [0, 0.05) is 5.56 Å². The van der Waals surface area contributed by atoms with Gasteiger partial charge in [0.15, 0.2) is 0 Å². The average molecular weight is 233 g/mol. The number of aromatic hydroxyl groups is 1. The van der Waals surface area contributed by atoms with Crippen molar-refractivity contribution in [2.75, 3.05) is 0 Å². The molecule has 0 spiro atoms. The van der Waals surface area contributed by atoms with E-state index in [0.717, 1.165) is 12.0 Å². The van der Waals surface area contributed by atoms with Crippen LogP contribution in [0.2, 0.25) is 0 Å². The zero-order valence-corrected chi connectivity index (χ0v) is 10.7. The third kappa shape index (κ3) is 6.10. The van der Waals surface area contributed by atoms with Crippen molar-refractivity contribution < 1.29 is 5.11 Å². The van der Waals surface area contributed by atoms with Crippen molar-refractivity contribution in [2.24, 2.45) is 4.99 Å². The van der Waals surface area contributed by atoms with E-state index in [1.54, 1.807) is 6.07 Å². The van der Waals surface area contributed by atoms with E-state index in [0.29, 0.717) is 12.3 Å². The maximum atomic E-state index is 9.54. The first-order chi connectivity index (χ1) is 8.34. The van der Waals surface area contributed by atoms with Crippen LogP contribution in [0.3, 0.4) is 0 Å². The van der Waals surface area contributed by atoms with Crippen LogP contribution in [0.4, 0.5) is 0 Å². The molecule has 94 valence electrons. The molecule has 1 N–H and O–H groups in total. The Labute approximate surface area is 104 Å². The number of unbranched alkanes of at least 4 members (excludes halogenated alkanes) is 5. The normalized spacial score (nSPS) is 11.1. The standard InChI is InChI=1S/C15H23NO/c1-2-3-4-5-6-9-12-16-13-14-10-7-8-11-15(14)17/h7-8,10-12,17H,2-6,9,13H2,1H3. The Bertz CT molecular complexity index is 333. The van der Waals surface area contributed by atoms with Crippen molar-refractivity contribution in [3.8, 4) is 5.75 Å². The van der Waals surface area contributed by atoms with Crippen molar-refractivity contribution in [1.29, 1.82) is 0 Å². The van der Waals surface area contributed by atoms with Gasteiger partial charge in [0.05, 0.1) is 6.54 Å². The third-order valence-electron chi connectivity index (χ3n) is 2.82. The topological polar surface area (TPSA) is 32.6 Å². The summed E-state index contributed by atoms with van der Waals surface area (Å²) in [5.41, 5.74) is 0.898. The van der Waals surface area contributed by atoms with Crippen LogP contribution in [0.5, 0.6) is 5.75 Å². The van der Waals surface area contributed by atoms with Crippen molar-refractivity contribution in [3.63, 3.8) is 0 Å². The van der Waals surface area contributed by atoms with E-state index in [-0.39, 0.29) is 0 Å². The minimum atomic E-state index is 0.340. The lowest BCUT2D eigenvalue weighted by Gasteiger charge is -1.99. The van der Waals surface area contributed by atoms with Crippen LogP contribution >= 0.6 is 0 Å². The maximum Gasteiger partial charge on any atom is 0.120 e. The van der Waals surface area contributed by atoms with Crippen LogP contribution in [-0.2, 0) is 6.54 Å². The molecule has 2 heteroatoms. The van der Waals surface area contributed by atoms with E-state index >= 15 is 0 Å². The molecule has 1 aromatic rings. The molecule has 0 radical (unpaired) electrons. The Morgan fingerprint density at radius 3 is 2.65 bits per heavy atom. The van der Waals surface area contributed by atoms with Crippen molar-refractivity contribution in [1.82, 2.24) is 0 Å². The quantitative estimate of drug-likeness (QED) is 0.526. The zero-order valence-electron chi connectivity index (χ0n) is 10.7. The van der Waals surface area contributed by atoms with Gasteiger partial charge in [-0.3, -0.25) is 4.99 Å². The molecule has 1 rings (SSSR count). The molecule has 0 fully saturated rings. The molecule has 2 nitrogen and oxygen atoms in total. The molecule has 0 aliphatic rings. The number of phenols is 1. The summed E-state index contributed by atoms with van der Waals surface area (Å²) in [6, 6.07) is 7.37. The second kappa shape index (κ2) is 8.80. The largest absolute Gasteiger partial charge is 0.508 e. The molecular weight excluding hydrogens is 210 g/mol. The molecule has 0 saturated heterocycles. The summed E-state index contributed by atoms with van der Waals surface area (Å²) in [5.74, 6) is 0.340. The van der Waals surface area contributed by atoms with Crippen LogP contribution < -0.4 is 0 Å². The van der Waals surface area contributed by atoms with Gasteiger partial charge < -0.3 is 5.11 Å². The van der Waals surface area contributed by atoms with E-state index in [1.165, 1.54) is 32.1 Å². The fourth-order valence-electron chi connectivity index (χ4n) is 1.74. The van der Waals surface area contributed by atoms with Gasteiger partial charge in [0.2, 0.25) is 0 Å². The van der Waals surface area contributed by atoms with E-state index in [9.17, 15) is 5.11 Å². The lowest BCUT2D eigenvalue weighted by atomic mass is 10.1. The molecule has 0 amide bonds. The number of phenolic OH excluding ortho intramolecular Hbond substituents is 1. The highest BCUT2D eigenvalue weighted by atomic mass is 16.3. The lowest BCUT2D eigenvalue weighted by Crippen LogP contribution is -1.84. The van der Waals surface area contributed by atoms with Gasteiger partial charge in [-0.2, -0.15) is 0 Å². The van der Waals surface area contributed by atoms with Crippen molar-refractivity contribution in [3.05, 3.63) is 29.8 Å². The van der Waals surface area contributed by atoms with Crippen LogP contribution in [0.1, 0.15) is 51.0 Å². The van der Waals surface area contributed by atoms with Crippen LogP contribution in [-0.4, -0.2) is 11.3 Å². The number of rotatable bonds is 8. The third-order valence-corrected chi connectivity index (χ3v) is 2.82. The fraction of sp³-hybridized carbons (Fsp3) is 0.533. The lowest BCUT2D eigenvalue weighted by molar-refractivity contribution is 0.468. The molecule has 0 heterocycles. The summed E-state index contributed by atoms with van der Waals surface area (Å²) in [5, 5.41) is 9.54. The zero-order chi connectivity index (χ0) is 12.3. The van der Waals surface area contributed by atoms with E-state index in [2.05, 4.69) is 11.9 Å². The van der Waals surface area contributed by atoms with Gasteiger partial charge in [-0.05, 0) is 25.1 Å². The fourth-order valence-corrected chi connectivity index (χ4v) is 1.74.